The number of rotatable bonds is 7. The zero-order valence-electron chi connectivity index (χ0n) is 18.5. The van der Waals surface area contributed by atoms with E-state index in [4.69, 9.17) is 17.3 Å². The summed E-state index contributed by atoms with van der Waals surface area (Å²) in [4.78, 5) is 19.2. The van der Waals surface area contributed by atoms with Gasteiger partial charge < -0.3 is 15.2 Å². The highest BCUT2D eigenvalue weighted by Crippen LogP contribution is 2.28. The van der Waals surface area contributed by atoms with Gasteiger partial charge in [-0.2, -0.15) is 0 Å². The Kier molecular flexibility index (Phi) is 7.05. The highest BCUT2D eigenvalue weighted by Gasteiger charge is 2.19. The summed E-state index contributed by atoms with van der Waals surface area (Å²) in [6, 6.07) is 8.04. The lowest BCUT2D eigenvalue weighted by Crippen LogP contribution is -2.31. The number of hydrogen-bond acceptors (Lipinski definition) is 6. The highest BCUT2D eigenvalue weighted by atomic mass is 35.5. The molecule has 0 saturated carbocycles. The lowest BCUT2D eigenvalue weighted by molar-refractivity contribution is -0.124. The predicted octanol–water partition coefficient (Wildman–Crippen LogP) is 5.04. The van der Waals surface area contributed by atoms with Crippen LogP contribution in [0.5, 0.6) is 0 Å². The third kappa shape index (κ3) is 5.07. The molecule has 9 heteroatoms. The molecule has 0 radical (unpaired) electrons. The SMILES string of the molecule is CCCc1ncc(-c2ccc(-c3nncs3)cc2)n1/C=C(\N)C(=O)N(C)C1=CC=C(Cl)CC1. The summed E-state index contributed by atoms with van der Waals surface area (Å²) in [6.07, 6.45) is 10.3. The quantitative estimate of drug-likeness (QED) is 0.478. The van der Waals surface area contributed by atoms with E-state index in [1.165, 1.54) is 11.3 Å². The molecule has 1 amide bonds. The van der Waals surface area contributed by atoms with Crippen molar-refractivity contribution in [3.63, 3.8) is 0 Å². The van der Waals surface area contributed by atoms with Gasteiger partial charge in [0.15, 0.2) is 0 Å². The first-order valence-corrected chi connectivity index (χ1v) is 12.0. The van der Waals surface area contributed by atoms with Crippen molar-refractivity contribution < 1.29 is 4.79 Å². The minimum atomic E-state index is -0.263. The number of nitrogens with two attached hydrogens (primary N) is 1. The van der Waals surface area contributed by atoms with Crippen molar-refractivity contribution in [2.45, 2.75) is 32.6 Å². The molecule has 170 valence electrons. The van der Waals surface area contributed by atoms with Crippen molar-refractivity contribution in [2.24, 2.45) is 5.73 Å². The van der Waals surface area contributed by atoms with Gasteiger partial charge in [-0.15, -0.1) is 10.2 Å². The molecule has 1 aliphatic carbocycles. The van der Waals surface area contributed by atoms with Gasteiger partial charge in [-0.3, -0.25) is 4.79 Å². The summed E-state index contributed by atoms with van der Waals surface area (Å²) in [6.45, 7) is 2.09. The molecule has 0 atom stereocenters. The van der Waals surface area contributed by atoms with Crippen LogP contribution in [0.4, 0.5) is 0 Å². The van der Waals surface area contributed by atoms with E-state index < -0.39 is 0 Å². The van der Waals surface area contributed by atoms with E-state index in [0.29, 0.717) is 12.8 Å². The zero-order valence-corrected chi connectivity index (χ0v) is 20.1. The summed E-state index contributed by atoms with van der Waals surface area (Å²) in [5, 5.41) is 9.67. The third-order valence-electron chi connectivity index (χ3n) is 5.46. The largest absolute Gasteiger partial charge is 0.393 e. The van der Waals surface area contributed by atoms with Gasteiger partial charge >= 0.3 is 0 Å². The monoisotopic (exact) mass is 480 g/mol. The number of carbonyl (C=O) groups is 1. The second-order valence-corrected chi connectivity index (χ2v) is 9.04. The molecule has 2 heterocycles. The molecule has 1 aliphatic rings. The number of amides is 1. The van der Waals surface area contributed by atoms with E-state index >= 15 is 0 Å². The summed E-state index contributed by atoms with van der Waals surface area (Å²) in [5.74, 6) is 0.590. The zero-order chi connectivity index (χ0) is 23.4. The van der Waals surface area contributed by atoms with Crippen LogP contribution in [0.3, 0.4) is 0 Å². The van der Waals surface area contributed by atoms with Crippen LogP contribution in [0.15, 0.2) is 64.6 Å². The number of carbonyl (C=O) groups excluding carboxylic acids is 1. The van der Waals surface area contributed by atoms with Crippen molar-refractivity contribution in [1.29, 1.82) is 0 Å². The maximum atomic E-state index is 13.0. The van der Waals surface area contributed by atoms with Gasteiger partial charge in [0.05, 0.1) is 11.9 Å². The molecule has 2 aromatic heterocycles. The average molecular weight is 481 g/mol. The predicted molar refractivity (Wildman–Crippen MR) is 133 cm³/mol. The molecule has 2 N–H and O–H groups in total. The van der Waals surface area contributed by atoms with Crippen LogP contribution in [0.1, 0.15) is 32.0 Å². The second kappa shape index (κ2) is 10.1. The first-order chi connectivity index (χ1) is 16.0. The lowest BCUT2D eigenvalue weighted by atomic mass is 10.1. The normalized spacial score (nSPS) is 14.1. The van der Waals surface area contributed by atoms with Crippen molar-refractivity contribution in [2.75, 3.05) is 7.05 Å². The van der Waals surface area contributed by atoms with E-state index in [9.17, 15) is 4.79 Å². The van der Waals surface area contributed by atoms with Crippen molar-refractivity contribution in [3.8, 4) is 21.8 Å². The minimum Gasteiger partial charge on any atom is -0.393 e. The Bertz CT molecular complexity index is 1220. The Hall–Kier alpha value is -3.23. The molecule has 0 aliphatic heterocycles. The molecule has 33 heavy (non-hydrogen) atoms. The molecular weight excluding hydrogens is 456 g/mol. The number of benzene rings is 1. The van der Waals surface area contributed by atoms with Crippen LogP contribution in [0.2, 0.25) is 0 Å². The van der Waals surface area contributed by atoms with E-state index in [2.05, 4.69) is 22.1 Å². The van der Waals surface area contributed by atoms with Crippen LogP contribution < -0.4 is 5.73 Å². The van der Waals surface area contributed by atoms with Gasteiger partial charge in [-0.05, 0) is 31.4 Å². The third-order valence-corrected chi connectivity index (χ3v) is 6.52. The van der Waals surface area contributed by atoms with Gasteiger partial charge in [-0.25, -0.2) is 4.98 Å². The van der Waals surface area contributed by atoms with Gasteiger partial charge in [-0.1, -0.05) is 54.1 Å². The van der Waals surface area contributed by atoms with Gasteiger partial charge in [0.25, 0.3) is 5.91 Å². The van der Waals surface area contributed by atoms with Crippen molar-refractivity contribution in [3.05, 3.63) is 70.4 Å². The maximum absolute atomic E-state index is 13.0. The number of allylic oxidation sites excluding steroid dienone is 4. The fraction of sp³-hybridized carbons (Fsp3) is 0.250. The fourth-order valence-corrected chi connectivity index (χ4v) is 4.36. The Morgan fingerprint density at radius 1 is 1.24 bits per heavy atom. The Balaban J connectivity index is 1.64. The van der Waals surface area contributed by atoms with Crippen LogP contribution >= 0.6 is 22.9 Å². The Labute approximate surface area is 201 Å². The number of imidazole rings is 1. The highest BCUT2D eigenvalue weighted by molar-refractivity contribution is 7.12. The fourth-order valence-electron chi connectivity index (χ4n) is 3.65. The molecular formula is C24H25ClN6OS. The lowest BCUT2D eigenvalue weighted by Gasteiger charge is -2.23. The first-order valence-electron chi connectivity index (χ1n) is 10.7. The first kappa shape index (κ1) is 22.9. The van der Waals surface area contributed by atoms with E-state index in [-0.39, 0.29) is 11.6 Å². The van der Waals surface area contributed by atoms with E-state index in [0.717, 1.165) is 51.2 Å². The number of halogens is 1. The topological polar surface area (TPSA) is 89.9 Å². The van der Waals surface area contributed by atoms with Crippen LogP contribution in [0, 0.1) is 0 Å². The minimum absolute atomic E-state index is 0.140. The second-order valence-electron chi connectivity index (χ2n) is 7.72. The molecule has 0 bridgehead atoms. The van der Waals surface area contributed by atoms with Crippen molar-refractivity contribution in [1.82, 2.24) is 24.6 Å². The summed E-state index contributed by atoms with van der Waals surface area (Å²) >= 11 is 7.54. The average Bonchev–Trinajstić information content (AvgIpc) is 3.50. The molecule has 0 saturated heterocycles. The summed E-state index contributed by atoms with van der Waals surface area (Å²) < 4.78 is 1.91. The molecule has 0 spiro atoms. The van der Waals surface area contributed by atoms with Crippen molar-refractivity contribution >= 4 is 35.0 Å². The smallest absolute Gasteiger partial charge is 0.275 e. The number of likely N-dealkylation sites (N-methyl/N-ethyl adjacent to an activating group) is 1. The number of nitrogens with zero attached hydrogens (tertiary/aromatic N) is 5. The number of aromatic nitrogens is 4. The Morgan fingerprint density at radius 3 is 2.64 bits per heavy atom. The molecule has 3 aromatic rings. The summed E-state index contributed by atoms with van der Waals surface area (Å²) in [5.41, 5.74) is 11.9. The van der Waals surface area contributed by atoms with Gasteiger partial charge in [0, 0.05) is 41.5 Å². The molecule has 0 unspecified atom stereocenters. The number of hydrogen-bond donors (Lipinski definition) is 1. The molecule has 4 rings (SSSR count). The van der Waals surface area contributed by atoms with E-state index in [1.807, 2.05) is 47.2 Å². The van der Waals surface area contributed by atoms with Crippen LogP contribution in [-0.2, 0) is 11.2 Å². The van der Waals surface area contributed by atoms with Crippen LogP contribution in [0.25, 0.3) is 28.0 Å². The standard InChI is InChI=1S/C24H25ClN6OS/c1-3-4-22-27-13-21(16-5-7-17(8-6-16)23-29-28-15-33-23)31(22)14-20(26)24(32)30(2)19-11-9-18(25)10-12-19/h5-9,11,13-15H,3-4,10,12,26H2,1-2H3/b20-14-. The van der Waals surface area contributed by atoms with Gasteiger partial charge in [0.2, 0.25) is 0 Å². The van der Waals surface area contributed by atoms with Crippen LogP contribution in [-0.4, -0.2) is 37.6 Å². The van der Waals surface area contributed by atoms with Gasteiger partial charge in [0.1, 0.15) is 22.0 Å². The summed E-state index contributed by atoms with van der Waals surface area (Å²) in [7, 11) is 1.73. The molecule has 7 nitrogen and oxygen atoms in total. The molecule has 0 fully saturated rings. The Morgan fingerprint density at radius 2 is 2.00 bits per heavy atom. The van der Waals surface area contributed by atoms with E-state index in [1.54, 1.807) is 23.7 Å². The number of aryl methyl sites for hydroxylation is 1. The maximum Gasteiger partial charge on any atom is 0.275 e. The molecule has 1 aromatic carbocycles.